The minimum atomic E-state index is -4.72. The zero-order valence-corrected chi connectivity index (χ0v) is 16.6. The van der Waals surface area contributed by atoms with Gasteiger partial charge in [-0.05, 0) is 44.9 Å². The summed E-state index contributed by atoms with van der Waals surface area (Å²) in [7, 11) is 0. The normalized spacial score (nSPS) is 12.2. The van der Waals surface area contributed by atoms with Gasteiger partial charge in [-0.3, -0.25) is 4.79 Å². The lowest BCUT2D eigenvalue weighted by molar-refractivity contribution is -0.141. The lowest BCUT2D eigenvalue weighted by atomic mass is 10.0. The van der Waals surface area contributed by atoms with Crippen LogP contribution in [0.4, 0.5) is 18.9 Å². The van der Waals surface area contributed by atoms with Crippen LogP contribution in [0.15, 0.2) is 36.7 Å². The molecule has 0 aliphatic carbocycles. The van der Waals surface area contributed by atoms with Crippen LogP contribution in [-0.4, -0.2) is 42.1 Å². The Bertz CT molecular complexity index is 1150. The van der Waals surface area contributed by atoms with Crippen molar-refractivity contribution in [1.82, 2.24) is 14.4 Å². The molecule has 0 aromatic carbocycles. The average molecular weight is 436 g/mol. The van der Waals surface area contributed by atoms with Gasteiger partial charge in [0.2, 0.25) is 0 Å². The zero-order valence-electron chi connectivity index (χ0n) is 16.6. The molecule has 3 heterocycles. The largest absolute Gasteiger partial charge is 0.478 e. The number of halogens is 3. The second-order valence-corrected chi connectivity index (χ2v) is 7.58. The van der Waals surface area contributed by atoms with E-state index in [9.17, 15) is 33.0 Å². The van der Waals surface area contributed by atoms with Crippen molar-refractivity contribution in [3.8, 4) is 0 Å². The van der Waals surface area contributed by atoms with E-state index in [2.05, 4.69) is 15.3 Å². The topological polar surface area (TPSA) is 117 Å². The standard InChI is InChI=1S/C20H19F3N4O4/c1-19(2,31)7-6-11-9-27-10-14(12(18(29)30)8-16(27)24-11)26-17(28)13-4-3-5-15(25-13)20(21,22)23/h3-5,8-10,31H,6-7H2,1-2H3,(H,26,28)(H,29,30). The van der Waals surface area contributed by atoms with E-state index in [1.165, 1.54) is 16.7 Å². The van der Waals surface area contributed by atoms with Gasteiger partial charge in [0.05, 0.1) is 22.5 Å². The molecule has 3 N–H and O–H groups in total. The number of fused-ring (bicyclic) bond motifs is 1. The molecular weight excluding hydrogens is 417 g/mol. The summed E-state index contributed by atoms with van der Waals surface area (Å²) in [6.07, 6.45) is -0.940. The van der Waals surface area contributed by atoms with Crippen LogP contribution in [0.3, 0.4) is 0 Å². The average Bonchev–Trinajstić information content (AvgIpc) is 3.06. The second-order valence-electron chi connectivity index (χ2n) is 7.58. The maximum atomic E-state index is 12.8. The quantitative estimate of drug-likeness (QED) is 0.545. The highest BCUT2D eigenvalue weighted by molar-refractivity contribution is 6.07. The Morgan fingerprint density at radius 2 is 1.87 bits per heavy atom. The maximum absolute atomic E-state index is 12.8. The first-order valence-corrected chi connectivity index (χ1v) is 9.16. The molecule has 0 atom stereocenters. The van der Waals surface area contributed by atoms with E-state index >= 15 is 0 Å². The van der Waals surface area contributed by atoms with Crippen molar-refractivity contribution in [2.75, 3.05) is 5.32 Å². The molecule has 0 radical (unpaired) electrons. The number of nitrogens with one attached hydrogen (secondary N) is 1. The SMILES string of the molecule is CC(C)(O)CCc1cn2cc(NC(=O)c3cccc(C(F)(F)F)n3)c(C(=O)O)cc2n1. The van der Waals surface area contributed by atoms with Gasteiger partial charge in [-0.15, -0.1) is 0 Å². The number of hydrogen-bond acceptors (Lipinski definition) is 5. The second kappa shape index (κ2) is 7.99. The zero-order chi connectivity index (χ0) is 23.0. The van der Waals surface area contributed by atoms with Crippen molar-refractivity contribution < 1.29 is 33.0 Å². The predicted molar refractivity (Wildman–Crippen MR) is 104 cm³/mol. The summed E-state index contributed by atoms with van der Waals surface area (Å²) in [6, 6.07) is 4.10. The first kappa shape index (κ1) is 22.2. The van der Waals surface area contributed by atoms with Crippen molar-refractivity contribution >= 4 is 23.2 Å². The fourth-order valence-electron chi connectivity index (χ4n) is 2.82. The smallest absolute Gasteiger partial charge is 0.433 e. The Morgan fingerprint density at radius 3 is 2.48 bits per heavy atom. The number of amides is 1. The number of aryl methyl sites for hydroxylation is 1. The summed E-state index contributed by atoms with van der Waals surface area (Å²) in [5.74, 6) is -2.34. The van der Waals surface area contributed by atoms with Gasteiger partial charge in [0.25, 0.3) is 5.91 Å². The molecule has 3 rings (SSSR count). The first-order valence-electron chi connectivity index (χ1n) is 9.16. The van der Waals surface area contributed by atoms with Crippen molar-refractivity contribution in [3.05, 3.63) is 59.3 Å². The summed E-state index contributed by atoms with van der Waals surface area (Å²) in [6.45, 7) is 3.31. The van der Waals surface area contributed by atoms with E-state index < -0.39 is 35.0 Å². The molecule has 164 valence electrons. The molecule has 3 aromatic rings. The number of hydrogen-bond donors (Lipinski definition) is 3. The molecule has 0 aliphatic heterocycles. The highest BCUT2D eigenvalue weighted by atomic mass is 19.4. The molecule has 0 bridgehead atoms. The summed E-state index contributed by atoms with van der Waals surface area (Å²) in [5, 5.41) is 21.7. The van der Waals surface area contributed by atoms with Gasteiger partial charge < -0.3 is 19.9 Å². The van der Waals surface area contributed by atoms with Crippen molar-refractivity contribution in [1.29, 1.82) is 0 Å². The number of nitrogens with zero attached hydrogens (tertiary/aromatic N) is 3. The Labute approximate surface area is 174 Å². The number of carboxylic acids is 1. The third-order valence-electron chi connectivity index (χ3n) is 4.39. The number of pyridine rings is 2. The molecule has 8 nitrogen and oxygen atoms in total. The van der Waals surface area contributed by atoms with E-state index in [1.807, 2.05) is 0 Å². The number of aromatic nitrogens is 3. The summed E-state index contributed by atoms with van der Waals surface area (Å²) in [4.78, 5) is 31.7. The lowest BCUT2D eigenvalue weighted by Crippen LogP contribution is -2.19. The molecule has 0 saturated carbocycles. The van der Waals surface area contributed by atoms with E-state index in [4.69, 9.17) is 0 Å². The van der Waals surface area contributed by atoms with Gasteiger partial charge >= 0.3 is 12.1 Å². The summed E-state index contributed by atoms with van der Waals surface area (Å²) >= 11 is 0. The Kier molecular flexibility index (Phi) is 5.72. The molecule has 0 fully saturated rings. The summed E-state index contributed by atoms with van der Waals surface area (Å²) in [5.41, 5.74) is -2.16. The van der Waals surface area contributed by atoms with Crippen molar-refractivity contribution in [3.63, 3.8) is 0 Å². The molecule has 11 heteroatoms. The van der Waals surface area contributed by atoms with Crippen LogP contribution in [-0.2, 0) is 12.6 Å². The first-order chi connectivity index (χ1) is 14.3. The number of carboxylic acid groups (broad SMARTS) is 1. The van der Waals surface area contributed by atoms with Gasteiger partial charge in [-0.25, -0.2) is 14.8 Å². The van der Waals surface area contributed by atoms with Crippen LogP contribution < -0.4 is 5.32 Å². The minimum Gasteiger partial charge on any atom is -0.478 e. The Morgan fingerprint density at radius 1 is 1.16 bits per heavy atom. The Balaban J connectivity index is 1.92. The predicted octanol–water partition coefficient (Wildman–Crippen LogP) is 3.40. The molecule has 0 saturated heterocycles. The highest BCUT2D eigenvalue weighted by Crippen LogP contribution is 2.27. The van der Waals surface area contributed by atoms with Crippen LogP contribution in [0.2, 0.25) is 0 Å². The molecular formula is C20H19F3N4O4. The van der Waals surface area contributed by atoms with Crippen molar-refractivity contribution in [2.24, 2.45) is 0 Å². The van der Waals surface area contributed by atoms with Crippen LogP contribution in [0.1, 0.15) is 52.5 Å². The van der Waals surface area contributed by atoms with Crippen molar-refractivity contribution in [2.45, 2.75) is 38.5 Å². The van der Waals surface area contributed by atoms with Gasteiger partial charge in [0.1, 0.15) is 17.0 Å². The monoisotopic (exact) mass is 436 g/mol. The maximum Gasteiger partial charge on any atom is 0.433 e. The third-order valence-corrected chi connectivity index (χ3v) is 4.39. The van der Waals surface area contributed by atoms with Crippen LogP contribution >= 0.6 is 0 Å². The Hall–Kier alpha value is -3.47. The number of aliphatic hydroxyl groups is 1. The number of anilines is 1. The van der Waals surface area contributed by atoms with E-state index in [-0.39, 0.29) is 11.3 Å². The van der Waals surface area contributed by atoms with Gasteiger partial charge in [0.15, 0.2) is 0 Å². The number of alkyl halides is 3. The fraction of sp³-hybridized carbons (Fsp3) is 0.300. The van der Waals surface area contributed by atoms with Gasteiger partial charge in [-0.2, -0.15) is 13.2 Å². The van der Waals surface area contributed by atoms with Crippen LogP contribution in [0.5, 0.6) is 0 Å². The molecule has 1 amide bonds. The molecule has 31 heavy (non-hydrogen) atoms. The van der Waals surface area contributed by atoms with E-state index in [1.54, 1.807) is 20.0 Å². The van der Waals surface area contributed by atoms with E-state index in [0.717, 1.165) is 18.2 Å². The molecule has 0 spiro atoms. The van der Waals surface area contributed by atoms with Crippen LogP contribution in [0.25, 0.3) is 5.65 Å². The number of aromatic carboxylic acids is 1. The number of carbonyl (C=O) groups is 2. The van der Waals surface area contributed by atoms with E-state index in [0.29, 0.717) is 24.2 Å². The summed E-state index contributed by atoms with van der Waals surface area (Å²) < 4.78 is 40.0. The number of rotatable bonds is 6. The lowest BCUT2D eigenvalue weighted by Gasteiger charge is -2.15. The molecule has 0 unspecified atom stereocenters. The fourth-order valence-corrected chi connectivity index (χ4v) is 2.82. The molecule has 0 aliphatic rings. The van der Waals surface area contributed by atoms with Crippen LogP contribution in [0, 0.1) is 0 Å². The number of carbonyl (C=O) groups excluding carboxylic acids is 1. The number of imidazole rings is 1. The molecule has 3 aromatic heterocycles. The minimum absolute atomic E-state index is 0.129. The van der Waals surface area contributed by atoms with Gasteiger partial charge in [0, 0.05) is 12.4 Å². The third kappa shape index (κ3) is 5.37. The highest BCUT2D eigenvalue weighted by Gasteiger charge is 2.33. The van der Waals surface area contributed by atoms with Gasteiger partial charge in [-0.1, -0.05) is 6.07 Å².